The van der Waals surface area contributed by atoms with Crippen LogP contribution in [0.1, 0.15) is 18.9 Å². The average molecular weight is 449 g/mol. The maximum absolute atomic E-state index is 12.6. The van der Waals surface area contributed by atoms with Crippen LogP contribution in [0.15, 0.2) is 37.4 Å². The van der Waals surface area contributed by atoms with Crippen LogP contribution >= 0.6 is 15.9 Å². The zero-order chi connectivity index (χ0) is 20.4. The van der Waals surface area contributed by atoms with E-state index in [1.807, 2.05) is 25.1 Å². The average Bonchev–Trinajstić information content (AvgIpc) is 3.04. The maximum atomic E-state index is 12.6. The minimum absolute atomic E-state index is 0.319. The second kappa shape index (κ2) is 8.01. The van der Waals surface area contributed by atoms with Crippen LogP contribution in [0.3, 0.4) is 0 Å². The van der Waals surface area contributed by atoms with Gasteiger partial charge >= 0.3 is 5.69 Å². The molecular weight excluding hydrogens is 428 g/mol. The lowest BCUT2D eigenvalue weighted by Gasteiger charge is -2.08. The summed E-state index contributed by atoms with van der Waals surface area (Å²) in [6.45, 7) is 2.56. The van der Waals surface area contributed by atoms with Crippen molar-refractivity contribution in [2.24, 2.45) is 19.2 Å². The molecule has 0 saturated heterocycles. The van der Waals surface area contributed by atoms with E-state index in [9.17, 15) is 9.59 Å². The number of hydrazone groups is 1. The molecule has 9 nitrogen and oxygen atoms in total. The lowest BCUT2D eigenvalue weighted by Crippen LogP contribution is -2.37. The van der Waals surface area contributed by atoms with Crippen molar-refractivity contribution >= 4 is 39.3 Å². The Morgan fingerprint density at radius 3 is 2.71 bits per heavy atom. The Hall–Kier alpha value is -2.88. The fourth-order valence-electron chi connectivity index (χ4n) is 2.94. The second-order valence-electron chi connectivity index (χ2n) is 6.22. The normalized spacial score (nSPS) is 11.5. The number of benzene rings is 1. The summed E-state index contributed by atoms with van der Waals surface area (Å²) in [5.74, 6) is 1.06. The largest absolute Gasteiger partial charge is 0.496 e. The number of aryl methyl sites for hydroxylation is 2. The van der Waals surface area contributed by atoms with Crippen molar-refractivity contribution in [1.29, 1.82) is 0 Å². The van der Waals surface area contributed by atoms with Gasteiger partial charge in [-0.25, -0.2) is 10.2 Å². The molecule has 3 rings (SSSR count). The number of nitrogens with zero attached hydrogens (tertiary/aromatic N) is 5. The van der Waals surface area contributed by atoms with E-state index in [-0.39, 0.29) is 5.56 Å². The van der Waals surface area contributed by atoms with Gasteiger partial charge in [-0.2, -0.15) is 10.1 Å². The molecule has 0 aliphatic heterocycles. The van der Waals surface area contributed by atoms with Gasteiger partial charge in [0.1, 0.15) is 5.75 Å². The third-order valence-electron chi connectivity index (χ3n) is 4.36. The highest BCUT2D eigenvalue weighted by Gasteiger charge is 2.18. The van der Waals surface area contributed by atoms with Gasteiger partial charge < -0.3 is 9.30 Å². The van der Waals surface area contributed by atoms with E-state index in [4.69, 9.17) is 4.74 Å². The zero-order valence-electron chi connectivity index (χ0n) is 16.1. The molecule has 2 heterocycles. The van der Waals surface area contributed by atoms with Crippen LogP contribution in [-0.4, -0.2) is 32.0 Å². The number of hydrogen-bond acceptors (Lipinski definition) is 6. The summed E-state index contributed by atoms with van der Waals surface area (Å²) in [5, 5.41) is 4.25. The van der Waals surface area contributed by atoms with Crippen LogP contribution < -0.4 is 21.4 Å². The SMILES string of the molecule is CCCn1c(NN=Cc2cc(Br)ccc2OC)nc2c1c(=O)n(C)c(=O)n2C. The number of methoxy groups -OCH3 is 1. The summed E-state index contributed by atoms with van der Waals surface area (Å²) in [6.07, 6.45) is 2.39. The molecule has 0 atom stereocenters. The molecule has 1 N–H and O–H groups in total. The molecule has 10 heteroatoms. The maximum Gasteiger partial charge on any atom is 0.332 e. The standard InChI is InChI=1S/C18H21BrN6O3/c1-5-8-25-14-15(23(2)18(27)24(3)16(14)26)21-17(25)22-20-10-11-9-12(19)6-7-13(11)28-4/h6-7,9-10H,5,8H2,1-4H3,(H,21,22). The Bertz CT molecular complexity index is 1170. The van der Waals surface area contributed by atoms with Crippen molar-refractivity contribution < 1.29 is 4.74 Å². The van der Waals surface area contributed by atoms with Crippen LogP contribution in [0, 0.1) is 0 Å². The summed E-state index contributed by atoms with van der Waals surface area (Å²) in [7, 11) is 4.63. The van der Waals surface area contributed by atoms with Crippen molar-refractivity contribution in [3.8, 4) is 5.75 Å². The lowest BCUT2D eigenvalue weighted by molar-refractivity contribution is 0.414. The van der Waals surface area contributed by atoms with Gasteiger partial charge in [-0.05, 0) is 24.6 Å². The summed E-state index contributed by atoms with van der Waals surface area (Å²) < 4.78 is 10.4. The van der Waals surface area contributed by atoms with Crippen molar-refractivity contribution in [3.63, 3.8) is 0 Å². The summed E-state index contributed by atoms with van der Waals surface area (Å²) in [4.78, 5) is 29.3. The number of rotatable bonds is 6. The lowest BCUT2D eigenvalue weighted by atomic mass is 10.2. The number of fused-ring (bicyclic) bond motifs is 1. The van der Waals surface area contributed by atoms with E-state index in [0.29, 0.717) is 29.4 Å². The molecule has 148 valence electrons. The molecule has 0 amide bonds. The molecule has 3 aromatic rings. The molecule has 28 heavy (non-hydrogen) atoms. The number of imidazole rings is 1. The molecule has 2 aromatic heterocycles. The monoisotopic (exact) mass is 448 g/mol. The highest BCUT2D eigenvalue weighted by molar-refractivity contribution is 9.10. The van der Waals surface area contributed by atoms with E-state index in [2.05, 4.69) is 31.4 Å². The molecular formula is C18H21BrN6O3. The first-order chi connectivity index (χ1) is 13.4. The van der Waals surface area contributed by atoms with E-state index < -0.39 is 5.69 Å². The Morgan fingerprint density at radius 2 is 2.04 bits per heavy atom. The Kier molecular flexibility index (Phi) is 5.68. The predicted molar refractivity (Wildman–Crippen MR) is 112 cm³/mol. The minimum atomic E-state index is -0.424. The zero-order valence-corrected chi connectivity index (χ0v) is 17.6. The molecule has 0 unspecified atom stereocenters. The smallest absolute Gasteiger partial charge is 0.332 e. The fourth-order valence-corrected chi connectivity index (χ4v) is 3.32. The van der Waals surface area contributed by atoms with Crippen LogP contribution in [0.2, 0.25) is 0 Å². The third kappa shape index (κ3) is 3.47. The highest BCUT2D eigenvalue weighted by Crippen LogP contribution is 2.21. The van der Waals surface area contributed by atoms with Crippen molar-refractivity contribution in [2.75, 3.05) is 12.5 Å². The van der Waals surface area contributed by atoms with Gasteiger partial charge in [-0.3, -0.25) is 13.9 Å². The molecule has 0 fully saturated rings. The van der Waals surface area contributed by atoms with E-state index in [1.54, 1.807) is 24.9 Å². The van der Waals surface area contributed by atoms with Crippen molar-refractivity contribution in [3.05, 3.63) is 49.1 Å². The number of aromatic nitrogens is 4. The van der Waals surface area contributed by atoms with Gasteiger partial charge in [0.05, 0.1) is 13.3 Å². The summed E-state index contributed by atoms with van der Waals surface area (Å²) in [6, 6.07) is 5.58. The summed E-state index contributed by atoms with van der Waals surface area (Å²) >= 11 is 3.42. The number of halogens is 1. The van der Waals surface area contributed by atoms with Crippen LogP contribution in [0.25, 0.3) is 11.2 Å². The van der Waals surface area contributed by atoms with Crippen LogP contribution in [0.4, 0.5) is 5.95 Å². The molecule has 0 spiro atoms. The van der Waals surface area contributed by atoms with Gasteiger partial charge in [0, 0.05) is 30.7 Å². The first-order valence-electron chi connectivity index (χ1n) is 8.67. The first kappa shape index (κ1) is 19.9. The third-order valence-corrected chi connectivity index (χ3v) is 4.85. The van der Waals surface area contributed by atoms with E-state index in [1.165, 1.54) is 11.6 Å². The minimum Gasteiger partial charge on any atom is -0.496 e. The highest BCUT2D eigenvalue weighted by atomic mass is 79.9. The Morgan fingerprint density at radius 1 is 1.29 bits per heavy atom. The molecule has 1 aromatic carbocycles. The molecule has 0 saturated carbocycles. The van der Waals surface area contributed by atoms with Gasteiger partial charge in [0.25, 0.3) is 5.56 Å². The van der Waals surface area contributed by atoms with E-state index >= 15 is 0 Å². The Labute approximate surface area is 169 Å². The summed E-state index contributed by atoms with van der Waals surface area (Å²) in [5.41, 5.74) is 3.53. The fraction of sp³-hybridized carbons (Fsp3) is 0.333. The van der Waals surface area contributed by atoms with Crippen molar-refractivity contribution in [1.82, 2.24) is 18.7 Å². The van der Waals surface area contributed by atoms with Gasteiger partial charge in [0.2, 0.25) is 5.95 Å². The predicted octanol–water partition coefficient (Wildman–Crippen LogP) is 2.06. The van der Waals surface area contributed by atoms with Crippen LogP contribution in [0.5, 0.6) is 5.75 Å². The molecule has 0 radical (unpaired) electrons. The first-order valence-corrected chi connectivity index (χ1v) is 9.47. The second-order valence-corrected chi connectivity index (χ2v) is 7.14. The quantitative estimate of drug-likeness (QED) is 0.459. The number of nitrogens with one attached hydrogen (secondary N) is 1. The van der Waals surface area contributed by atoms with Gasteiger partial charge in [0.15, 0.2) is 11.2 Å². The Balaban J connectivity index is 2.07. The van der Waals surface area contributed by atoms with Gasteiger partial charge in [-0.15, -0.1) is 0 Å². The molecule has 0 bridgehead atoms. The number of hydrogen-bond donors (Lipinski definition) is 1. The van der Waals surface area contributed by atoms with Gasteiger partial charge in [-0.1, -0.05) is 22.9 Å². The van der Waals surface area contributed by atoms with Crippen LogP contribution in [-0.2, 0) is 20.6 Å². The number of ether oxygens (including phenoxy) is 1. The molecule has 0 aliphatic rings. The van der Waals surface area contributed by atoms with E-state index in [0.717, 1.165) is 21.0 Å². The molecule has 0 aliphatic carbocycles. The van der Waals surface area contributed by atoms with Crippen molar-refractivity contribution in [2.45, 2.75) is 19.9 Å². The topological polar surface area (TPSA) is 95.4 Å². The number of anilines is 1.